The van der Waals surface area contributed by atoms with Crippen molar-refractivity contribution in [3.05, 3.63) is 125 Å². The van der Waals surface area contributed by atoms with Crippen LogP contribution in [0, 0.1) is 6.92 Å². The lowest BCUT2D eigenvalue weighted by Gasteiger charge is -2.32. The Labute approximate surface area is 247 Å². The SMILES string of the molecule is COc1ccc([C@H](C(=O)Nc2ccc(N3CCOCC3)cc2)N(Cc2ccc(C)cc2)C(=O)Cc2ccccc2)cc1. The summed E-state index contributed by atoms with van der Waals surface area (Å²) in [4.78, 5) is 32.1. The molecule has 1 saturated heterocycles. The minimum Gasteiger partial charge on any atom is -0.497 e. The molecule has 1 atom stereocenters. The number of ether oxygens (including phenoxy) is 2. The average molecular weight is 564 g/mol. The molecular weight excluding hydrogens is 526 g/mol. The number of methoxy groups -OCH3 is 1. The number of anilines is 2. The number of nitrogens with one attached hydrogen (secondary N) is 1. The molecule has 4 aromatic rings. The zero-order valence-electron chi connectivity index (χ0n) is 24.2. The molecular formula is C35H37N3O4. The molecule has 1 N–H and O–H groups in total. The Hall–Kier alpha value is -4.62. The molecule has 42 heavy (non-hydrogen) atoms. The second kappa shape index (κ2) is 13.8. The van der Waals surface area contributed by atoms with Crippen LogP contribution in [0.4, 0.5) is 11.4 Å². The van der Waals surface area contributed by atoms with Crippen LogP contribution in [0.2, 0.25) is 0 Å². The first kappa shape index (κ1) is 28.9. The lowest BCUT2D eigenvalue weighted by molar-refractivity contribution is -0.139. The lowest BCUT2D eigenvalue weighted by atomic mass is 10.0. The van der Waals surface area contributed by atoms with Gasteiger partial charge in [-0.05, 0) is 60.0 Å². The van der Waals surface area contributed by atoms with Gasteiger partial charge in [0.2, 0.25) is 5.91 Å². The highest BCUT2D eigenvalue weighted by atomic mass is 16.5. The highest BCUT2D eigenvalue weighted by Crippen LogP contribution is 2.29. The van der Waals surface area contributed by atoms with Gasteiger partial charge in [0.05, 0.1) is 26.7 Å². The van der Waals surface area contributed by atoms with Gasteiger partial charge in [-0.2, -0.15) is 0 Å². The van der Waals surface area contributed by atoms with E-state index in [4.69, 9.17) is 9.47 Å². The number of nitrogens with zero attached hydrogens (tertiary/aromatic N) is 2. The van der Waals surface area contributed by atoms with E-state index in [9.17, 15) is 9.59 Å². The quantitative estimate of drug-likeness (QED) is 0.264. The number of hydrogen-bond donors (Lipinski definition) is 1. The van der Waals surface area contributed by atoms with Crippen molar-refractivity contribution in [3.8, 4) is 5.75 Å². The summed E-state index contributed by atoms with van der Waals surface area (Å²) >= 11 is 0. The van der Waals surface area contributed by atoms with Crippen LogP contribution in [0.15, 0.2) is 103 Å². The fourth-order valence-electron chi connectivity index (χ4n) is 5.13. The maximum absolute atomic E-state index is 14.1. The number of hydrogen-bond acceptors (Lipinski definition) is 5. The second-order valence-electron chi connectivity index (χ2n) is 10.5. The summed E-state index contributed by atoms with van der Waals surface area (Å²) in [5.74, 6) is 0.255. The highest BCUT2D eigenvalue weighted by Gasteiger charge is 2.32. The third kappa shape index (κ3) is 7.36. The van der Waals surface area contributed by atoms with Gasteiger partial charge in [0.25, 0.3) is 5.91 Å². The van der Waals surface area contributed by atoms with Gasteiger partial charge >= 0.3 is 0 Å². The predicted octanol–water partition coefficient (Wildman–Crippen LogP) is 5.79. The van der Waals surface area contributed by atoms with Gasteiger partial charge in [-0.1, -0.05) is 72.3 Å². The summed E-state index contributed by atoms with van der Waals surface area (Å²) in [5, 5.41) is 3.09. The molecule has 0 saturated carbocycles. The molecule has 0 bridgehead atoms. The molecule has 2 amide bonds. The summed E-state index contributed by atoms with van der Waals surface area (Å²) < 4.78 is 10.8. The summed E-state index contributed by atoms with van der Waals surface area (Å²) in [6.07, 6.45) is 0.181. The smallest absolute Gasteiger partial charge is 0.251 e. The van der Waals surface area contributed by atoms with Crippen LogP contribution in [0.5, 0.6) is 5.75 Å². The molecule has 0 aromatic heterocycles. The van der Waals surface area contributed by atoms with Gasteiger partial charge in [0.1, 0.15) is 11.8 Å². The summed E-state index contributed by atoms with van der Waals surface area (Å²) in [5.41, 5.74) is 5.42. The Morgan fingerprint density at radius 3 is 2.17 bits per heavy atom. The van der Waals surface area contributed by atoms with Crippen molar-refractivity contribution < 1.29 is 19.1 Å². The van der Waals surface area contributed by atoms with Gasteiger partial charge in [-0.25, -0.2) is 0 Å². The second-order valence-corrected chi connectivity index (χ2v) is 10.5. The number of benzene rings is 4. The topological polar surface area (TPSA) is 71.1 Å². The average Bonchev–Trinajstić information content (AvgIpc) is 3.03. The van der Waals surface area contributed by atoms with E-state index in [0.717, 1.165) is 35.5 Å². The van der Waals surface area contributed by atoms with Crippen molar-refractivity contribution in [1.29, 1.82) is 0 Å². The molecule has 1 aliphatic heterocycles. The Bertz CT molecular complexity index is 1450. The Morgan fingerprint density at radius 2 is 1.52 bits per heavy atom. The summed E-state index contributed by atoms with van der Waals surface area (Å²) in [6.45, 7) is 5.39. The number of aryl methyl sites for hydroxylation is 1. The fourth-order valence-corrected chi connectivity index (χ4v) is 5.13. The van der Waals surface area contributed by atoms with Crippen molar-refractivity contribution >= 4 is 23.2 Å². The molecule has 0 spiro atoms. The van der Waals surface area contributed by atoms with E-state index < -0.39 is 6.04 Å². The minimum atomic E-state index is -0.868. The van der Waals surface area contributed by atoms with E-state index in [0.29, 0.717) is 30.2 Å². The minimum absolute atomic E-state index is 0.139. The number of morpholine rings is 1. The molecule has 216 valence electrons. The van der Waals surface area contributed by atoms with Gasteiger partial charge < -0.3 is 24.6 Å². The van der Waals surface area contributed by atoms with Crippen LogP contribution in [-0.4, -0.2) is 50.1 Å². The first-order valence-corrected chi connectivity index (χ1v) is 14.3. The maximum Gasteiger partial charge on any atom is 0.251 e. The highest BCUT2D eigenvalue weighted by molar-refractivity contribution is 5.98. The Balaban J connectivity index is 1.46. The predicted molar refractivity (Wildman–Crippen MR) is 166 cm³/mol. The van der Waals surface area contributed by atoms with Gasteiger partial charge in [-0.3, -0.25) is 9.59 Å². The molecule has 5 rings (SSSR count). The van der Waals surface area contributed by atoms with E-state index in [1.54, 1.807) is 12.0 Å². The third-order valence-electron chi connectivity index (χ3n) is 7.49. The third-order valence-corrected chi connectivity index (χ3v) is 7.49. The Morgan fingerprint density at radius 1 is 0.857 bits per heavy atom. The van der Waals surface area contributed by atoms with Crippen LogP contribution in [0.3, 0.4) is 0 Å². The van der Waals surface area contributed by atoms with Gasteiger partial charge in [0, 0.05) is 31.0 Å². The van der Waals surface area contributed by atoms with Crippen molar-refractivity contribution in [2.45, 2.75) is 25.9 Å². The zero-order chi connectivity index (χ0) is 29.3. The normalized spacial score (nSPS) is 13.7. The fraction of sp³-hybridized carbons (Fsp3) is 0.257. The monoisotopic (exact) mass is 563 g/mol. The molecule has 7 nitrogen and oxygen atoms in total. The van der Waals surface area contributed by atoms with E-state index in [2.05, 4.69) is 10.2 Å². The van der Waals surface area contributed by atoms with E-state index in [1.165, 1.54) is 0 Å². The van der Waals surface area contributed by atoms with Crippen LogP contribution >= 0.6 is 0 Å². The van der Waals surface area contributed by atoms with Crippen molar-refractivity contribution in [2.75, 3.05) is 43.6 Å². The van der Waals surface area contributed by atoms with Gasteiger partial charge in [-0.15, -0.1) is 0 Å². The first-order valence-electron chi connectivity index (χ1n) is 14.3. The van der Waals surface area contributed by atoms with Crippen molar-refractivity contribution in [2.24, 2.45) is 0 Å². The Kier molecular flexibility index (Phi) is 9.51. The summed E-state index contributed by atoms with van der Waals surface area (Å²) in [7, 11) is 1.60. The van der Waals surface area contributed by atoms with Crippen molar-refractivity contribution in [3.63, 3.8) is 0 Å². The van der Waals surface area contributed by atoms with E-state index in [-0.39, 0.29) is 24.8 Å². The zero-order valence-corrected chi connectivity index (χ0v) is 24.2. The lowest BCUT2D eigenvalue weighted by Crippen LogP contribution is -2.41. The molecule has 0 radical (unpaired) electrons. The van der Waals surface area contributed by atoms with E-state index >= 15 is 0 Å². The molecule has 1 heterocycles. The number of rotatable bonds is 10. The molecule has 4 aromatic carbocycles. The van der Waals surface area contributed by atoms with Crippen LogP contribution in [-0.2, 0) is 27.3 Å². The van der Waals surface area contributed by atoms with Crippen LogP contribution < -0.4 is 15.0 Å². The standard InChI is InChI=1S/C35H37N3O4/c1-26-8-10-28(11-9-26)25-38(33(39)24-27-6-4-3-5-7-27)34(29-12-18-32(41-2)19-13-29)35(40)36-30-14-16-31(17-15-30)37-20-22-42-23-21-37/h3-19,34H,20-25H2,1-2H3,(H,36,40)/t34-/m1/s1. The van der Waals surface area contributed by atoms with Crippen molar-refractivity contribution in [1.82, 2.24) is 4.90 Å². The number of amides is 2. The first-order chi connectivity index (χ1) is 20.5. The molecule has 1 fully saturated rings. The molecule has 1 aliphatic rings. The van der Waals surface area contributed by atoms with Crippen LogP contribution in [0.1, 0.15) is 28.3 Å². The molecule has 0 aliphatic carbocycles. The number of carbonyl (C=O) groups excluding carboxylic acids is 2. The molecule has 7 heteroatoms. The maximum atomic E-state index is 14.1. The molecule has 0 unspecified atom stereocenters. The number of carbonyl (C=O) groups is 2. The summed E-state index contributed by atoms with van der Waals surface area (Å²) in [6, 6.07) is 32.0. The van der Waals surface area contributed by atoms with Crippen LogP contribution in [0.25, 0.3) is 0 Å². The largest absolute Gasteiger partial charge is 0.497 e. The van der Waals surface area contributed by atoms with Gasteiger partial charge in [0.15, 0.2) is 0 Å². The van der Waals surface area contributed by atoms with E-state index in [1.807, 2.05) is 110 Å².